The van der Waals surface area contributed by atoms with Crippen molar-refractivity contribution in [1.29, 1.82) is 0 Å². The van der Waals surface area contributed by atoms with Crippen molar-refractivity contribution in [1.82, 2.24) is 0 Å². The zero-order chi connectivity index (χ0) is 13.2. The number of halogens is 1. The molecular formula is C15H22BrNO. The van der Waals surface area contributed by atoms with Gasteiger partial charge < -0.3 is 10.1 Å². The van der Waals surface area contributed by atoms with E-state index in [4.69, 9.17) is 4.74 Å². The summed E-state index contributed by atoms with van der Waals surface area (Å²) < 4.78 is 7.06. The molecule has 1 aromatic carbocycles. The first kappa shape index (κ1) is 13.9. The van der Waals surface area contributed by atoms with Gasteiger partial charge in [-0.25, -0.2) is 0 Å². The van der Waals surface area contributed by atoms with Crippen LogP contribution in [-0.2, 0) is 4.74 Å². The average molecular weight is 312 g/mol. The molecule has 2 atom stereocenters. The number of aryl methyl sites for hydroxylation is 1. The molecule has 0 saturated carbocycles. The van der Waals surface area contributed by atoms with Gasteiger partial charge in [0, 0.05) is 22.8 Å². The molecule has 0 bridgehead atoms. The summed E-state index contributed by atoms with van der Waals surface area (Å²) in [5.74, 6) is 0. The van der Waals surface area contributed by atoms with Crippen LogP contribution in [0.4, 0.5) is 5.69 Å². The molecule has 100 valence electrons. The van der Waals surface area contributed by atoms with Crippen LogP contribution in [0.15, 0.2) is 22.7 Å². The Kier molecular flexibility index (Phi) is 4.33. The van der Waals surface area contributed by atoms with Crippen LogP contribution in [0.2, 0.25) is 0 Å². The number of hydrogen-bond donors (Lipinski definition) is 1. The second-order valence-electron chi connectivity index (χ2n) is 5.42. The van der Waals surface area contributed by atoms with Gasteiger partial charge in [-0.2, -0.15) is 0 Å². The Hall–Kier alpha value is -0.540. The van der Waals surface area contributed by atoms with Gasteiger partial charge in [-0.3, -0.25) is 0 Å². The van der Waals surface area contributed by atoms with Gasteiger partial charge in [0.2, 0.25) is 0 Å². The van der Waals surface area contributed by atoms with Crippen molar-refractivity contribution in [3.8, 4) is 0 Å². The molecule has 0 aromatic heterocycles. The fraction of sp³-hybridized carbons (Fsp3) is 0.600. The first-order valence-electron chi connectivity index (χ1n) is 6.70. The molecule has 18 heavy (non-hydrogen) atoms. The van der Waals surface area contributed by atoms with E-state index in [1.165, 1.54) is 15.7 Å². The molecule has 1 aliphatic heterocycles. The van der Waals surface area contributed by atoms with Crippen molar-refractivity contribution in [2.75, 3.05) is 11.9 Å². The smallest absolute Gasteiger partial charge is 0.0671 e. The van der Waals surface area contributed by atoms with Crippen LogP contribution < -0.4 is 5.32 Å². The minimum Gasteiger partial charge on any atom is -0.381 e. The van der Waals surface area contributed by atoms with Crippen molar-refractivity contribution in [3.63, 3.8) is 0 Å². The highest BCUT2D eigenvalue weighted by Crippen LogP contribution is 2.32. The normalized spacial score (nSPS) is 28.1. The van der Waals surface area contributed by atoms with Gasteiger partial charge >= 0.3 is 0 Å². The summed E-state index contributed by atoms with van der Waals surface area (Å²) >= 11 is 3.66. The number of anilines is 1. The van der Waals surface area contributed by atoms with E-state index in [9.17, 15) is 0 Å². The predicted molar refractivity (Wildman–Crippen MR) is 80.2 cm³/mol. The molecular weight excluding hydrogens is 290 g/mol. The molecule has 2 rings (SSSR count). The van der Waals surface area contributed by atoms with E-state index in [1.807, 2.05) is 0 Å². The standard InChI is InChI=1S/C15H22BrNO/c1-4-15(3)10-12(8-9-18-15)17-13-7-5-6-11(2)14(13)16/h5-7,12,17H,4,8-10H2,1-3H3. The van der Waals surface area contributed by atoms with Gasteiger partial charge in [0.05, 0.1) is 5.60 Å². The summed E-state index contributed by atoms with van der Waals surface area (Å²) in [6.07, 6.45) is 3.22. The monoisotopic (exact) mass is 311 g/mol. The van der Waals surface area contributed by atoms with E-state index < -0.39 is 0 Å². The Morgan fingerprint density at radius 2 is 2.28 bits per heavy atom. The number of nitrogens with one attached hydrogen (secondary N) is 1. The highest BCUT2D eigenvalue weighted by molar-refractivity contribution is 9.10. The van der Waals surface area contributed by atoms with E-state index in [-0.39, 0.29) is 5.60 Å². The molecule has 0 amide bonds. The molecule has 3 heteroatoms. The number of rotatable bonds is 3. The molecule has 2 unspecified atom stereocenters. The lowest BCUT2D eigenvalue weighted by atomic mass is 9.90. The van der Waals surface area contributed by atoms with E-state index >= 15 is 0 Å². The Balaban J connectivity index is 2.07. The van der Waals surface area contributed by atoms with Gasteiger partial charge in [0.15, 0.2) is 0 Å². The van der Waals surface area contributed by atoms with Gasteiger partial charge in [-0.15, -0.1) is 0 Å². The van der Waals surface area contributed by atoms with Gasteiger partial charge in [-0.05, 0) is 60.7 Å². The van der Waals surface area contributed by atoms with Crippen molar-refractivity contribution in [2.24, 2.45) is 0 Å². The maximum absolute atomic E-state index is 5.88. The minimum atomic E-state index is 0.0339. The molecule has 1 aromatic rings. The molecule has 1 fully saturated rings. The van der Waals surface area contributed by atoms with Crippen LogP contribution in [0.1, 0.15) is 38.7 Å². The molecule has 1 saturated heterocycles. The second kappa shape index (κ2) is 5.62. The summed E-state index contributed by atoms with van der Waals surface area (Å²) in [7, 11) is 0. The minimum absolute atomic E-state index is 0.0339. The third-order valence-electron chi connectivity index (χ3n) is 3.89. The Labute approximate surface area is 118 Å². The van der Waals surface area contributed by atoms with E-state index in [0.29, 0.717) is 6.04 Å². The van der Waals surface area contributed by atoms with Crippen LogP contribution >= 0.6 is 15.9 Å². The maximum atomic E-state index is 5.88. The summed E-state index contributed by atoms with van der Waals surface area (Å²) in [6, 6.07) is 6.85. The Bertz CT molecular complexity index is 421. The molecule has 1 heterocycles. The zero-order valence-corrected chi connectivity index (χ0v) is 13.0. The van der Waals surface area contributed by atoms with E-state index in [0.717, 1.165) is 25.9 Å². The largest absolute Gasteiger partial charge is 0.381 e. The van der Waals surface area contributed by atoms with Crippen LogP contribution in [-0.4, -0.2) is 18.2 Å². The zero-order valence-electron chi connectivity index (χ0n) is 11.4. The van der Waals surface area contributed by atoms with E-state index in [1.54, 1.807) is 0 Å². The quantitative estimate of drug-likeness (QED) is 0.886. The summed E-state index contributed by atoms with van der Waals surface area (Å²) in [6.45, 7) is 7.39. The summed E-state index contributed by atoms with van der Waals surface area (Å²) in [4.78, 5) is 0. The first-order valence-corrected chi connectivity index (χ1v) is 7.49. The summed E-state index contributed by atoms with van der Waals surface area (Å²) in [5, 5.41) is 3.65. The second-order valence-corrected chi connectivity index (χ2v) is 6.22. The highest BCUT2D eigenvalue weighted by Gasteiger charge is 2.31. The number of ether oxygens (including phenoxy) is 1. The van der Waals surface area contributed by atoms with Gasteiger partial charge in [0.1, 0.15) is 0 Å². The molecule has 0 radical (unpaired) electrons. The lowest BCUT2D eigenvalue weighted by Crippen LogP contribution is -2.41. The van der Waals surface area contributed by atoms with Gasteiger partial charge in [0.25, 0.3) is 0 Å². The average Bonchev–Trinajstić information content (AvgIpc) is 2.35. The molecule has 1 N–H and O–H groups in total. The molecule has 2 nitrogen and oxygen atoms in total. The third-order valence-corrected chi connectivity index (χ3v) is 4.95. The van der Waals surface area contributed by atoms with Crippen molar-refractivity contribution in [3.05, 3.63) is 28.2 Å². The topological polar surface area (TPSA) is 21.3 Å². The maximum Gasteiger partial charge on any atom is 0.0671 e. The SMILES string of the molecule is CCC1(C)CC(Nc2cccc(C)c2Br)CCO1. The fourth-order valence-electron chi connectivity index (χ4n) is 2.48. The first-order chi connectivity index (χ1) is 8.54. The highest BCUT2D eigenvalue weighted by atomic mass is 79.9. The van der Waals surface area contributed by atoms with Crippen molar-refractivity contribution >= 4 is 21.6 Å². The Morgan fingerprint density at radius 3 is 3.00 bits per heavy atom. The van der Waals surface area contributed by atoms with Crippen molar-refractivity contribution < 1.29 is 4.74 Å². The number of benzene rings is 1. The molecule has 0 aliphatic carbocycles. The van der Waals surface area contributed by atoms with Gasteiger partial charge in [-0.1, -0.05) is 19.1 Å². The van der Waals surface area contributed by atoms with Crippen LogP contribution in [0.25, 0.3) is 0 Å². The molecule has 0 spiro atoms. The lowest BCUT2D eigenvalue weighted by Gasteiger charge is -2.38. The lowest BCUT2D eigenvalue weighted by molar-refractivity contribution is -0.0708. The van der Waals surface area contributed by atoms with Crippen LogP contribution in [0, 0.1) is 6.92 Å². The predicted octanol–water partition coefficient (Wildman–Crippen LogP) is 4.52. The van der Waals surface area contributed by atoms with Crippen molar-refractivity contribution in [2.45, 2.75) is 51.7 Å². The van der Waals surface area contributed by atoms with E-state index in [2.05, 4.69) is 60.2 Å². The number of hydrogen-bond acceptors (Lipinski definition) is 2. The van der Waals surface area contributed by atoms with Crippen LogP contribution in [0.5, 0.6) is 0 Å². The molecule has 1 aliphatic rings. The third kappa shape index (κ3) is 3.07. The summed E-state index contributed by atoms with van der Waals surface area (Å²) in [5.41, 5.74) is 2.50. The van der Waals surface area contributed by atoms with Crippen LogP contribution in [0.3, 0.4) is 0 Å². The fourth-order valence-corrected chi connectivity index (χ4v) is 2.86. The Morgan fingerprint density at radius 1 is 1.50 bits per heavy atom.